The van der Waals surface area contributed by atoms with Crippen molar-refractivity contribution in [3.05, 3.63) is 46.5 Å². The van der Waals surface area contributed by atoms with Gasteiger partial charge in [0.15, 0.2) is 0 Å². The van der Waals surface area contributed by atoms with E-state index in [1.54, 1.807) is 0 Å². The van der Waals surface area contributed by atoms with E-state index in [2.05, 4.69) is 12.1 Å². The zero-order valence-electron chi connectivity index (χ0n) is 14.2. The minimum atomic E-state index is 0.0494. The zero-order valence-corrected chi connectivity index (χ0v) is 14.2. The number of hydrogen-bond donors (Lipinski definition) is 2. The van der Waals surface area contributed by atoms with Crippen LogP contribution in [0.4, 0.5) is 11.4 Å². The van der Waals surface area contributed by atoms with Gasteiger partial charge in [-0.1, -0.05) is 12.1 Å². The molecule has 4 atom stereocenters. The molecule has 4 unspecified atom stereocenters. The molecule has 0 bridgehead atoms. The molecule has 0 radical (unpaired) electrons. The number of rotatable bonds is 5. The van der Waals surface area contributed by atoms with E-state index < -0.39 is 0 Å². The minimum Gasteiger partial charge on any atom is -0.399 e. The summed E-state index contributed by atoms with van der Waals surface area (Å²) in [5.74, 6) is 0. The predicted octanol–water partition coefficient (Wildman–Crippen LogP) is 2.80. The Hall–Kier alpha value is -2.12. The first kappa shape index (κ1) is 15.0. The van der Waals surface area contributed by atoms with Crippen LogP contribution in [-0.2, 0) is 18.9 Å². The van der Waals surface area contributed by atoms with Crippen molar-refractivity contribution in [3.63, 3.8) is 0 Å². The van der Waals surface area contributed by atoms with Crippen LogP contribution in [0.5, 0.6) is 0 Å². The number of nitrogens with two attached hydrogens (primary N) is 2. The molecule has 6 heteroatoms. The second-order valence-corrected chi connectivity index (χ2v) is 7.35. The van der Waals surface area contributed by atoms with Gasteiger partial charge in [-0.15, -0.1) is 0 Å². The maximum absolute atomic E-state index is 6.68. The number of epoxide rings is 4. The van der Waals surface area contributed by atoms with Gasteiger partial charge in [0.2, 0.25) is 0 Å². The fourth-order valence-corrected chi connectivity index (χ4v) is 4.03. The van der Waals surface area contributed by atoms with Crippen LogP contribution >= 0.6 is 0 Å². The van der Waals surface area contributed by atoms with Gasteiger partial charge in [0.1, 0.15) is 24.4 Å². The van der Waals surface area contributed by atoms with Crippen LogP contribution in [0.3, 0.4) is 0 Å². The topological polar surface area (TPSA) is 102 Å². The predicted molar refractivity (Wildman–Crippen MR) is 95.5 cm³/mol. The molecule has 26 heavy (non-hydrogen) atoms. The Morgan fingerprint density at radius 3 is 1.38 bits per heavy atom. The van der Waals surface area contributed by atoms with Crippen LogP contribution < -0.4 is 11.5 Å². The average Bonchev–Trinajstić information content (AvgIpc) is 3.47. The summed E-state index contributed by atoms with van der Waals surface area (Å²) in [7, 11) is 0. The summed E-state index contributed by atoms with van der Waals surface area (Å²) >= 11 is 0. The molecule has 0 aromatic heterocycles. The lowest BCUT2D eigenvalue weighted by molar-refractivity contribution is 0.393. The van der Waals surface area contributed by atoms with Gasteiger partial charge in [0.25, 0.3) is 0 Å². The first-order valence-corrected chi connectivity index (χ1v) is 9.03. The Bertz CT molecular complexity index is 846. The largest absolute Gasteiger partial charge is 0.399 e. The molecule has 4 N–H and O–H groups in total. The number of nitrogen functional groups attached to an aromatic ring is 2. The van der Waals surface area contributed by atoms with E-state index in [0.717, 1.165) is 39.2 Å². The van der Waals surface area contributed by atoms with Crippen molar-refractivity contribution < 1.29 is 18.9 Å². The summed E-state index contributed by atoms with van der Waals surface area (Å²) in [6.07, 6.45) is 0.230. The molecule has 0 amide bonds. The second kappa shape index (κ2) is 5.20. The molecular formula is C20H20N2O4. The summed E-state index contributed by atoms with van der Waals surface area (Å²) < 4.78 is 22.7. The highest BCUT2D eigenvalue weighted by Crippen LogP contribution is 2.56. The molecule has 2 aromatic rings. The van der Waals surface area contributed by atoms with E-state index in [-0.39, 0.29) is 24.4 Å². The summed E-state index contributed by atoms with van der Waals surface area (Å²) in [4.78, 5) is 0. The summed E-state index contributed by atoms with van der Waals surface area (Å²) in [5.41, 5.74) is 20.9. The third kappa shape index (κ3) is 2.34. The van der Waals surface area contributed by atoms with E-state index in [4.69, 9.17) is 30.4 Å². The molecule has 2 aromatic carbocycles. The van der Waals surface area contributed by atoms with Gasteiger partial charge < -0.3 is 30.4 Å². The Balaban J connectivity index is 1.69. The molecule has 134 valence electrons. The van der Waals surface area contributed by atoms with Gasteiger partial charge in [0.05, 0.1) is 26.4 Å². The van der Waals surface area contributed by atoms with Gasteiger partial charge in [0, 0.05) is 22.5 Å². The molecule has 0 spiro atoms. The quantitative estimate of drug-likeness (QED) is 0.634. The first-order chi connectivity index (χ1) is 12.7. The molecule has 4 aliphatic heterocycles. The Morgan fingerprint density at radius 2 is 1.00 bits per heavy atom. The maximum Gasteiger partial charge on any atom is 0.108 e. The minimum absolute atomic E-state index is 0.0494. The van der Waals surface area contributed by atoms with Crippen LogP contribution in [0.15, 0.2) is 24.3 Å². The van der Waals surface area contributed by atoms with Crippen LogP contribution in [0, 0.1) is 0 Å². The van der Waals surface area contributed by atoms with Gasteiger partial charge in [-0.05, 0) is 34.4 Å². The van der Waals surface area contributed by atoms with E-state index in [9.17, 15) is 0 Å². The number of hydrogen-bond acceptors (Lipinski definition) is 6. The van der Waals surface area contributed by atoms with Crippen LogP contribution in [-0.4, -0.2) is 26.4 Å². The number of benzene rings is 2. The molecule has 0 aliphatic carbocycles. The van der Waals surface area contributed by atoms with Crippen LogP contribution in [0.2, 0.25) is 0 Å². The molecule has 6 nitrogen and oxygen atoms in total. The van der Waals surface area contributed by atoms with E-state index in [1.165, 1.54) is 5.56 Å². The summed E-state index contributed by atoms with van der Waals surface area (Å²) in [6.45, 7) is 2.83. The lowest BCUT2D eigenvalue weighted by Gasteiger charge is -2.23. The van der Waals surface area contributed by atoms with Crippen molar-refractivity contribution in [3.8, 4) is 11.1 Å². The van der Waals surface area contributed by atoms with Crippen molar-refractivity contribution in [1.29, 1.82) is 0 Å². The number of anilines is 2. The van der Waals surface area contributed by atoms with Crippen molar-refractivity contribution in [1.82, 2.24) is 0 Å². The molecule has 0 saturated carbocycles. The van der Waals surface area contributed by atoms with Crippen molar-refractivity contribution in [2.24, 2.45) is 0 Å². The highest BCUT2D eigenvalue weighted by Gasteiger charge is 2.46. The lowest BCUT2D eigenvalue weighted by Crippen LogP contribution is -2.11. The molecule has 4 aliphatic rings. The van der Waals surface area contributed by atoms with Crippen molar-refractivity contribution >= 4 is 11.4 Å². The maximum atomic E-state index is 6.68. The van der Waals surface area contributed by atoms with E-state index >= 15 is 0 Å². The standard InChI is InChI=1S/C20H20N2O4/c21-10-3-1-9(2-4-10)15-16(11-5-23-11)18(13-7-25-13)20(22)19(14-8-26-14)17(15)12-6-24-12/h1-4,11-14H,5-8,21-22H2. The van der Waals surface area contributed by atoms with Crippen molar-refractivity contribution in [2.75, 3.05) is 37.9 Å². The smallest absolute Gasteiger partial charge is 0.108 e. The van der Waals surface area contributed by atoms with Gasteiger partial charge >= 0.3 is 0 Å². The SMILES string of the molecule is Nc1ccc(-c2c(C3CO3)c(C3CO3)c(N)c(C3CO3)c2C2CO2)cc1. The zero-order chi connectivity index (χ0) is 17.4. The molecule has 4 heterocycles. The molecular weight excluding hydrogens is 332 g/mol. The normalized spacial score (nSPS) is 30.9. The van der Waals surface area contributed by atoms with Crippen molar-refractivity contribution in [2.45, 2.75) is 24.4 Å². The lowest BCUT2D eigenvalue weighted by atomic mass is 9.81. The summed E-state index contributed by atoms with van der Waals surface area (Å²) in [6, 6.07) is 7.99. The Kier molecular flexibility index (Phi) is 3.00. The van der Waals surface area contributed by atoms with Gasteiger partial charge in [-0.3, -0.25) is 0 Å². The highest BCUT2D eigenvalue weighted by atomic mass is 16.6. The molecule has 4 saturated heterocycles. The van der Waals surface area contributed by atoms with Gasteiger partial charge in [-0.25, -0.2) is 0 Å². The van der Waals surface area contributed by atoms with Gasteiger partial charge in [-0.2, -0.15) is 0 Å². The average molecular weight is 352 g/mol. The van der Waals surface area contributed by atoms with E-state index in [1.807, 2.05) is 12.1 Å². The fourth-order valence-electron chi connectivity index (χ4n) is 4.03. The third-order valence-electron chi connectivity index (χ3n) is 5.52. The highest BCUT2D eigenvalue weighted by molar-refractivity contribution is 5.82. The second-order valence-electron chi connectivity index (χ2n) is 7.35. The molecule has 4 fully saturated rings. The molecule has 6 rings (SSSR count). The Labute approximate surface area is 151 Å². The van der Waals surface area contributed by atoms with Crippen LogP contribution in [0.25, 0.3) is 11.1 Å². The van der Waals surface area contributed by atoms with Crippen LogP contribution in [0.1, 0.15) is 46.7 Å². The summed E-state index contributed by atoms with van der Waals surface area (Å²) in [5, 5.41) is 0. The monoisotopic (exact) mass is 352 g/mol. The number of ether oxygens (including phenoxy) is 4. The third-order valence-corrected chi connectivity index (χ3v) is 5.52. The fraction of sp³-hybridized carbons (Fsp3) is 0.400. The van der Waals surface area contributed by atoms with E-state index in [0.29, 0.717) is 26.4 Å². The first-order valence-electron chi connectivity index (χ1n) is 9.03. The Morgan fingerprint density at radius 1 is 0.615 bits per heavy atom.